The molecule has 0 aromatic carbocycles. The van der Waals surface area contributed by atoms with E-state index >= 15 is 0 Å². The summed E-state index contributed by atoms with van der Waals surface area (Å²) in [6, 6.07) is 2.81. The number of hydrogen-bond donors (Lipinski definition) is 1. The molecule has 0 spiro atoms. The largest absolute Gasteiger partial charge is 0.468 e. The molecule has 21 heavy (non-hydrogen) atoms. The van der Waals surface area contributed by atoms with Gasteiger partial charge in [0.25, 0.3) is 0 Å². The second kappa shape index (κ2) is 5.20. The summed E-state index contributed by atoms with van der Waals surface area (Å²) in [5, 5.41) is 2.75. The zero-order valence-corrected chi connectivity index (χ0v) is 11.2. The molecule has 0 aliphatic heterocycles. The summed E-state index contributed by atoms with van der Waals surface area (Å²) in [5.41, 5.74) is 0.472. The highest BCUT2D eigenvalue weighted by Gasteiger charge is 2.47. The first-order valence-corrected chi connectivity index (χ1v) is 6.87. The fourth-order valence-electron chi connectivity index (χ4n) is 2.87. The van der Waals surface area contributed by atoms with Gasteiger partial charge in [0.2, 0.25) is 11.8 Å². The van der Waals surface area contributed by atoms with Crippen LogP contribution in [0.4, 0.5) is 18.9 Å². The number of carbonyl (C=O) groups excluding carboxylic acids is 1. The van der Waals surface area contributed by atoms with E-state index in [0.29, 0.717) is 5.69 Å². The van der Waals surface area contributed by atoms with Gasteiger partial charge in [-0.05, 0) is 37.2 Å². The standard InChI is InChI=1S/C14H15F3N2O2/c15-14(16,17)7-21-12-2-1-11(6-18-12)19-13(20)10-4-8-3-9(8)5-10/h1-2,6,8-10H,3-5,7H2,(H,19,20). The lowest BCUT2D eigenvalue weighted by atomic mass is 10.0. The van der Waals surface area contributed by atoms with Gasteiger partial charge in [0.1, 0.15) is 0 Å². The van der Waals surface area contributed by atoms with Crippen molar-refractivity contribution in [2.45, 2.75) is 25.4 Å². The molecule has 2 atom stereocenters. The van der Waals surface area contributed by atoms with Crippen LogP contribution < -0.4 is 10.1 Å². The number of carbonyl (C=O) groups is 1. The average molecular weight is 300 g/mol. The fourth-order valence-corrected chi connectivity index (χ4v) is 2.87. The lowest BCUT2D eigenvalue weighted by Crippen LogP contribution is -2.22. The van der Waals surface area contributed by atoms with Crippen LogP contribution in [0.2, 0.25) is 0 Å². The van der Waals surface area contributed by atoms with E-state index in [0.717, 1.165) is 24.7 Å². The van der Waals surface area contributed by atoms with Crippen LogP contribution >= 0.6 is 0 Å². The SMILES string of the molecule is O=C(Nc1ccc(OCC(F)(F)F)nc1)C1CC2CC2C1. The Kier molecular flexibility index (Phi) is 3.51. The summed E-state index contributed by atoms with van der Waals surface area (Å²) in [6.45, 7) is -1.38. The lowest BCUT2D eigenvalue weighted by Gasteiger charge is -2.12. The number of halogens is 3. The van der Waals surface area contributed by atoms with Crippen molar-refractivity contribution in [3.63, 3.8) is 0 Å². The molecule has 2 fully saturated rings. The maximum Gasteiger partial charge on any atom is 0.422 e. The topological polar surface area (TPSA) is 51.2 Å². The first-order chi connectivity index (χ1) is 9.90. The van der Waals surface area contributed by atoms with E-state index in [1.807, 2.05) is 0 Å². The Morgan fingerprint density at radius 3 is 2.57 bits per heavy atom. The molecule has 2 aliphatic rings. The van der Waals surface area contributed by atoms with E-state index in [4.69, 9.17) is 0 Å². The number of hydrogen-bond acceptors (Lipinski definition) is 3. The van der Waals surface area contributed by atoms with E-state index < -0.39 is 12.8 Å². The van der Waals surface area contributed by atoms with Gasteiger partial charge in [-0.15, -0.1) is 0 Å². The van der Waals surface area contributed by atoms with Crippen LogP contribution in [0.5, 0.6) is 5.88 Å². The molecule has 4 nitrogen and oxygen atoms in total. The van der Waals surface area contributed by atoms with Crippen LogP contribution in [0.15, 0.2) is 18.3 Å². The van der Waals surface area contributed by atoms with Crippen molar-refractivity contribution < 1.29 is 22.7 Å². The smallest absolute Gasteiger partial charge is 0.422 e. The van der Waals surface area contributed by atoms with Crippen molar-refractivity contribution >= 4 is 11.6 Å². The van der Waals surface area contributed by atoms with E-state index in [2.05, 4.69) is 15.0 Å². The molecule has 114 valence electrons. The Morgan fingerprint density at radius 1 is 1.29 bits per heavy atom. The zero-order chi connectivity index (χ0) is 15.0. The molecule has 2 saturated carbocycles. The Bertz CT molecular complexity index is 520. The van der Waals surface area contributed by atoms with Crippen molar-refractivity contribution in [1.29, 1.82) is 0 Å². The number of nitrogens with zero attached hydrogens (tertiary/aromatic N) is 1. The maximum absolute atomic E-state index is 12.0. The van der Waals surface area contributed by atoms with E-state index in [1.54, 1.807) is 0 Å². The van der Waals surface area contributed by atoms with Crippen molar-refractivity contribution in [2.24, 2.45) is 17.8 Å². The van der Waals surface area contributed by atoms with Gasteiger partial charge in [-0.2, -0.15) is 13.2 Å². The number of nitrogens with one attached hydrogen (secondary N) is 1. The molecule has 0 radical (unpaired) electrons. The number of alkyl halides is 3. The van der Waals surface area contributed by atoms with Crippen molar-refractivity contribution in [1.82, 2.24) is 4.98 Å². The molecule has 1 amide bonds. The minimum Gasteiger partial charge on any atom is -0.468 e. The number of aromatic nitrogens is 1. The van der Waals surface area contributed by atoms with Gasteiger partial charge in [-0.1, -0.05) is 0 Å². The number of rotatable bonds is 4. The Labute approximate surface area is 119 Å². The van der Waals surface area contributed by atoms with E-state index in [1.165, 1.54) is 24.8 Å². The van der Waals surface area contributed by atoms with Crippen molar-refractivity contribution in [2.75, 3.05) is 11.9 Å². The zero-order valence-electron chi connectivity index (χ0n) is 11.2. The summed E-state index contributed by atoms with van der Waals surface area (Å²) in [4.78, 5) is 15.8. The lowest BCUT2D eigenvalue weighted by molar-refractivity contribution is -0.154. The minimum atomic E-state index is -4.39. The number of ether oxygens (including phenoxy) is 1. The molecule has 7 heteroatoms. The fraction of sp³-hybridized carbons (Fsp3) is 0.571. The molecule has 2 unspecified atom stereocenters. The van der Waals surface area contributed by atoms with Crippen LogP contribution in [-0.2, 0) is 4.79 Å². The Morgan fingerprint density at radius 2 is 2.00 bits per heavy atom. The van der Waals surface area contributed by atoms with Crippen LogP contribution in [-0.4, -0.2) is 23.7 Å². The first kappa shape index (κ1) is 14.2. The summed E-state index contributed by atoms with van der Waals surface area (Å²) in [6.07, 6.45) is 0.0428. The van der Waals surface area contributed by atoms with Gasteiger partial charge >= 0.3 is 6.18 Å². The minimum absolute atomic E-state index is 0.0343. The van der Waals surface area contributed by atoms with Gasteiger partial charge in [-0.3, -0.25) is 4.79 Å². The molecule has 1 aromatic heterocycles. The highest BCUT2D eigenvalue weighted by Crippen LogP contribution is 2.54. The van der Waals surface area contributed by atoms with Crippen LogP contribution in [0.3, 0.4) is 0 Å². The van der Waals surface area contributed by atoms with Gasteiger partial charge in [0.15, 0.2) is 6.61 Å². The quantitative estimate of drug-likeness (QED) is 0.930. The molecule has 0 bridgehead atoms. The number of anilines is 1. The number of pyridine rings is 1. The molecular weight excluding hydrogens is 285 g/mol. The van der Waals surface area contributed by atoms with Crippen molar-refractivity contribution in [3.8, 4) is 5.88 Å². The summed E-state index contributed by atoms with van der Waals surface area (Å²) < 4.78 is 40.5. The van der Waals surface area contributed by atoms with Crippen molar-refractivity contribution in [3.05, 3.63) is 18.3 Å². The van der Waals surface area contributed by atoms with Crippen LogP contribution in [0.1, 0.15) is 19.3 Å². The summed E-state index contributed by atoms with van der Waals surface area (Å²) in [5.74, 6) is 1.34. The molecule has 2 aliphatic carbocycles. The molecular formula is C14H15F3N2O2. The first-order valence-electron chi connectivity index (χ1n) is 6.87. The molecule has 1 aromatic rings. The average Bonchev–Trinajstić information content (AvgIpc) is 3.03. The maximum atomic E-state index is 12.0. The second-order valence-electron chi connectivity index (χ2n) is 5.70. The highest BCUT2D eigenvalue weighted by atomic mass is 19.4. The Hall–Kier alpha value is -1.79. The van der Waals surface area contributed by atoms with Gasteiger partial charge in [-0.25, -0.2) is 4.98 Å². The number of amides is 1. The second-order valence-corrected chi connectivity index (χ2v) is 5.70. The van der Waals surface area contributed by atoms with Gasteiger partial charge < -0.3 is 10.1 Å². The Balaban J connectivity index is 1.51. The monoisotopic (exact) mass is 300 g/mol. The third-order valence-electron chi connectivity index (χ3n) is 4.00. The van der Waals surface area contributed by atoms with Gasteiger partial charge in [0, 0.05) is 12.0 Å². The summed E-state index contributed by atoms with van der Waals surface area (Å²) in [7, 11) is 0. The third-order valence-corrected chi connectivity index (χ3v) is 4.00. The summed E-state index contributed by atoms with van der Waals surface area (Å²) >= 11 is 0. The molecule has 0 saturated heterocycles. The van der Waals surface area contributed by atoms with E-state index in [-0.39, 0.29) is 17.7 Å². The third kappa shape index (κ3) is 3.65. The predicted molar refractivity (Wildman–Crippen MR) is 68.7 cm³/mol. The normalized spacial score (nSPS) is 27.1. The van der Waals surface area contributed by atoms with Crippen LogP contribution in [0.25, 0.3) is 0 Å². The molecule has 1 heterocycles. The molecule has 3 rings (SSSR count). The van der Waals surface area contributed by atoms with E-state index in [9.17, 15) is 18.0 Å². The van der Waals surface area contributed by atoms with Crippen LogP contribution in [0, 0.1) is 17.8 Å². The predicted octanol–water partition coefficient (Wildman–Crippen LogP) is 3.01. The highest BCUT2D eigenvalue weighted by molar-refractivity contribution is 5.92. The molecule has 1 N–H and O–H groups in total. The van der Waals surface area contributed by atoms with Gasteiger partial charge in [0.05, 0.1) is 11.9 Å². The number of fused-ring (bicyclic) bond motifs is 1.